The summed E-state index contributed by atoms with van der Waals surface area (Å²) in [6.07, 6.45) is 2.29. The number of rotatable bonds is 7. The molecule has 0 fully saturated rings. The second kappa shape index (κ2) is 9.45. The number of benzene rings is 2. The van der Waals surface area contributed by atoms with Gasteiger partial charge in [-0.1, -0.05) is 36.4 Å². The van der Waals surface area contributed by atoms with Gasteiger partial charge >= 0.3 is 0 Å². The molecule has 2 amide bonds. The molecule has 0 spiro atoms. The molecule has 4 aromatic rings. The van der Waals surface area contributed by atoms with Gasteiger partial charge in [-0.25, -0.2) is 9.97 Å². The summed E-state index contributed by atoms with van der Waals surface area (Å²) in [6, 6.07) is 14.6. The van der Waals surface area contributed by atoms with Gasteiger partial charge in [0, 0.05) is 24.6 Å². The molecule has 2 aromatic heterocycles. The Morgan fingerprint density at radius 1 is 1.03 bits per heavy atom. The third-order valence-corrected chi connectivity index (χ3v) is 5.30. The first kappa shape index (κ1) is 21.2. The van der Waals surface area contributed by atoms with Crippen molar-refractivity contribution in [3.8, 4) is 17.1 Å². The van der Waals surface area contributed by atoms with Crippen molar-refractivity contribution >= 4 is 17.6 Å². The van der Waals surface area contributed by atoms with E-state index < -0.39 is 0 Å². The Labute approximate surface area is 194 Å². The maximum atomic E-state index is 12.6. The summed E-state index contributed by atoms with van der Waals surface area (Å²) in [5, 5.41) is 19.3. The second-order valence-electron chi connectivity index (χ2n) is 7.67. The van der Waals surface area contributed by atoms with Crippen molar-refractivity contribution in [1.82, 2.24) is 35.9 Å². The van der Waals surface area contributed by atoms with Gasteiger partial charge in [0.15, 0.2) is 0 Å². The molecule has 11 nitrogen and oxygen atoms in total. The summed E-state index contributed by atoms with van der Waals surface area (Å²) in [5.41, 5.74) is 3.86. The lowest BCUT2D eigenvalue weighted by atomic mass is 10.1. The molecule has 0 unspecified atom stereocenters. The molecule has 0 bridgehead atoms. The van der Waals surface area contributed by atoms with Gasteiger partial charge in [0.1, 0.15) is 23.6 Å². The molecular weight excluding hydrogens is 436 g/mol. The largest absolute Gasteiger partial charge is 0.493 e. The Morgan fingerprint density at radius 2 is 1.88 bits per heavy atom. The van der Waals surface area contributed by atoms with Crippen LogP contribution in [0.4, 0.5) is 5.82 Å². The third kappa shape index (κ3) is 4.88. The van der Waals surface area contributed by atoms with Crippen LogP contribution in [-0.4, -0.2) is 49.0 Å². The maximum absolute atomic E-state index is 12.6. The van der Waals surface area contributed by atoms with Gasteiger partial charge in [0.25, 0.3) is 5.91 Å². The molecule has 0 aliphatic carbocycles. The third-order valence-electron chi connectivity index (χ3n) is 5.30. The average molecular weight is 456 g/mol. The van der Waals surface area contributed by atoms with Crippen molar-refractivity contribution in [2.24, 2.45) is 0 Å². The molecule has 1 aliphatic rings. The van der Waals surface area contributed by atoms with Gasteiger partial charge < -0.3 is 15.4 Å². The van der Waals surface area contributed by atoms with Gasteiger partial charge in [-0.15, -0.1) is 10.2 Å². The smallest absolute Gasteiger partial charge is 0.270 e. The number of aromatic amines is 1. The van der Waals surface area contributed by atoms with E-state index in [1.165, 1.54) is 12.4 Å². The highest BCUT2D eigenvalue weighted by molar-refractivity contribution is 5.95. The minimum atomic E-state index is -0.376. The van der Waals surface area contributed by atoms with E-state index in [0.717, 1.165) is 34.4 Å². The van der Waals surface area contributed by atoms with Gasteiger partial charge in [0.2, 0.25) is 11.7 Å². The molecule has 0 atom stereocenters. The van der Waals surface area contributed by atoms with Crippen molar-refractivity contribution in [2.75, 3.05) is 11.9 Å². The number of carbonyl (C=O) groups is 2. The zero-order valence-corrected chi connectivity index (χ0v) is 18.0. The predicted octanol–water partition coefficient (Wildman–Crippen LogP) is 1.70. The molecule has 3 heterocycles. The molecule has 11 heteroatoms. The molecule has 0 saturated carbocycles. The summed E-state index contributed by atoms with van der Waals surface area (Å²) in [5.74, 6) is 1.03. The molecule has 2 aromatic carbocycles. The Kier molecular flexibility index (Phi) is 5.89. The summed E-state index contributed by atoms with van der Waals surface area (Å²) >= 11 is 0. The number of fused-ring (bicyclic) bond motifs is 1. The van der Waals surface area contributed by atoms with E-state index in [0.29, 0.717) is 19.0 Å². The van der Waals surface area contributed by atoms with Crippen LogP contribution in [0, 0.1) is 0 Å². The van der Waals surface area contributed by atoms with Gasteiger partial charge in [-0.2, -0.15) is 5.21 Å². The monoisotopic (exact) mass is 456 g/mol. The van der Waals surface area contributed by atoms with Crippen LogP contribution >= 0.6 is 0 Å². The van der Waals surface area contributed by atoms with Crippen molar-refractivity contribution in [2.45, 2.75) is 19.4 Å². The highest BCUT2D eigenvalue weighted by atomic mass is 16.5. The number of nitrogens with one attached hydrogen (secondary N) is 3. The van der Waals surface area contributed by atoms with E-state index in [1.54, 1.807) is 0 Å². The normalized spacial score (nSPS) is 12.0. The van der Waals surface area contributed by atoms with Gasteiger partial charge in [0.05, 0.1) is 13.0 Å². The van der Waals surface area contributed by atoms with Crippen LogP contribution in [0.1, 0.15) is 27.2 Å². The van der Waals surface area contributed by atoms with Gasteiger partial charge in [-0.05, 0) is 28.0 Å². The molecule has 0 saturated heterocycles. The number of aromatic nitrogens is 6. The molecule has 34 heavy (non-hydrogen) atoms. The summed E-state index contributed by atoms with van der Waals surface area (Å²) in [4.78, 5) is 33.1. The SMILES string of the molecule is O=C(Cc1ccc2c(c1)CCO2)Nc1cc(C(=O)NCc2ccc(-c3nn[nH]n3)cc2)ncn1. The maximum Gasteiger partial charge on any atom is 0.270 e. The first-order chi connectivity index (χ1) is 16.6. The quantitative estimate of drug-likeness (QED) is 0.381. The van der Waals surface area contributed by atoms with Crippen LogP contribution in [0.5, 0.6) is 5.75 Å². The van der Waals surface area contributed by atoms with Crippen LogP contribution in [-0.2, 0) is 24.2 Å². The number of tetrazole rings is 1. The second-order valence-corrected chi connectivity index (χ2v) is 7.67. The summed E-state index contributed by atoms with van der Waals surface area (Å²) < 4.78 is 5.49. The van der Waals surface area contributed by atoms with Crippen molar-refractivity contribution < 1.29 is 14.3 Å². The number of ether oxygens (including phenoxy) is 1. The predicted molar refractivity (Wildman–Crippen MR) is 121 cm³/mol. The molecule has 5 rings (SSSR count). The Balaban J connectivity index is 1.16. The fourth-order valence-corrected chi connectivity index (χ4v) is 3.60. The molecular formula is C23H20N8O3. The standard InChI is InChI=1S/C23H20N8O3/c32-21(10-15-3-6-19-17(9-15)7-8-34-19)27-20-11-18(25-13-26-20)23(33)24-12-14-1-4-16(5-2-14)22-28-30-31-29-22/h1-6,9,11,13H,7-8,10,12H2,(H,24,33)(H,25,26,27,32)(H,28,29,30,31). The topological polar surface area (TPSA) is 148 Å². The fraction of sp³-hybridized carbons (Fsp3) is 0.174. The molecule has 3 N–H and O–H groups in total. The molecule has 170 valence electrons. The lowest BCUT2D eigenvalue weighted by Gasteiger charge is -2.08. The minimum Gasteiger partial charge on any atom is -0.493 e. The van der Waals surface area contributed by atoms with Crippen molar-refractivity contribution in [1.29, 1.82) is 0 Å². The highest BCUT2D eigenvalue weighted by Crippen LogP contribution is 2.26. The number of hydrogen-bond acceptors (Lipinski definition) is 8. The number of amides is 2. The van der Waals surface area contributed by atoms with Crippen molar-refractivity contribution in [3.05, 3.63) is 77.2 Å². The van der Waals surface area contributed by atoms with Crippen LogP contribution in [0.25, 0.3) is 11.4 Å². The number of hydrogen-bond donors (Lipinski definition) is 3. The van der Waals surface area contributed by atoms with E-state index in [4.69, 9.17) is 4.74 Å². The van der Waals surface area contributed by atoms with E-state index in [9.17, 15) is 9.59 Å². The van der Waals surface area contributed by atoms with E-state index in [2.05, 4.69) is 41.2 Å². The zero-order chi connectivity index (χ0) is 23.3. The first-order valence-electron chi connectivity index (χ1n) is 10.6. The van der Waals surface area contributed by atoms with Gasteiger partial charge in [-0.3, -0.25) is 9.59 Å². The Hall–Kier alpha value is -4.67. The molecule has 0 radical (unpaired) electrons. The summed E-state index contributed by atoms with van der Waals surface area (Å²) in [7, 11) is 0. The first-order valence-corrected chi connectivity index (χ1v) is 10.6. The fourth-order valence-electron chi connectivity index (χ4n) is 3.60. The minimum absolute atomic E-state index is 0.156. The zero-order valence-electron chi connectivity index (χ0n) is 18.0. The number of nitrogens with zero attached hydrogens (tertiary/aromatic N) is 5. The number of carbonyl (C=O) groups excluding carboxylic acids is 2. The van der Waals surface area contributed by atoms with E-state index in [-0.39, 0.29) is 29.7 Å². The Morgan fingerprint density at radius 3 is 2.71 bits per heavy atom. The lowest BCUT2D eigenvalue weighted by Crippen LogP contribution is -2.24. The molecule has 1 aliphatic heterocycles. The average Bonchev–Trinajstić information content (AvgIpc) is 3.55. The van der Waals surface area contributed by atoms with E-state index in [1.807, 2.05) is 42.5 Å². The van der Waals surface area contributed by atoms with E-state index >= 15 is 0 Å². The highest BCUT2D eigenvalue weighted by Gasteiger charge is 2.15. The number of H-pyrrole nitrogens is 1. The lowest BCUT2D eigenvalue weighted by molar-refractivity contribution is -0.115. The number of anilines is 1. The van der Waals surface area contributed by atoms with Crippen LogP contribution in [0.2, 0.25) is 0 Å². The van der Waals surface area contributed by atoms with Crippen LogP contribution in [0.15, 0.2) is 54.9 Å². The van der Waals surface area contributed by atoms with Crippen LogP contribution in [0.3, 0.4) is 0 Å². The Bertz CT molecular complexity index is 1320. The van der Waals surface area contributed by atoms with Crippen molar-refractivity contribution in [3.63, 3.8) is 0 Å². The van der Waals surface area contributed by atoms with Crippen LogP contribution < -0.4 is 15.4 Å². The summed E-state index contributed by atoms with van der Waals surface area (Å²) in [6.45, 7) is 0.974.